The van der Waals surface area contributed by atoms with Crippen LogP contribution in [0, 0.1) is 5.92 Å². The number of hydrogen-bond acceptors (Lipinski definition) is 5. The van der Waals surface area contributed by atoms with E-state index in [2.05, 4.69) is 20.2 Å². The quantitative estimate of drug-likeness (QED) is 0.895. The van der Waals surface area contributed by atoms with Crippen molar-refractivity contribution in [1.82, 2.24) is 15.3 Å². The van der Waals surface area contributed by atoms with Crippen LogP contribution in [-0.2, 0) is 9.53 Å². The second-order valence-electron chi connectivity index (χ2n) is 7.50. The number of rotatable bonds is 5. The Hall–Kier alpha value is -1.69. The predicted octanol–water partition coefficient (Wildman–Crippen LogP) is 2.16. The lowest BCUT2D eigenvalue weighted by atomic mass is 9.85. The van der Waals surface area contributed by atoms with Crippen molar-refractivity contribution in [2.24, 2.45) is 5.92 Å². The highest BCUT2D eigenvalue weighted by molar-refractivity contribution is 5.85. The Balaban J connectivity index is 1.78. The predicted molar refractivity (Wildman–Crippen MR) is 92.8 cm³/mol. The summed E-state index contributed by atoms with van der Waals surface area (Å²) in [5, 5.41) is 3.06. The monoisotopic (exact) mass is 332 g/mol. The van der Waals surface area contributed by atoms with Gasteiger partial charge in [0.05, 0.1) is 5.60 Å². The highest BCUT2D eigenvalue weighted by atomic mass is 16.5. The van der Waals surface area contributed by atoms with Gasteiger partial charge in [0.1, 0.15) is 6.04 Å². The van der Waals surface area contributed by atoms with E-state index in [9.17, 15) is 4.79 Å². The molecule has 0 aromatic carbocycles. The van der Waals surface area contributed by atoms with E-state index < -0.39 is 0 Å². The summed E-state index contributed by atoms with van der Waals surface area (Å²) >= 11 is 0. The molecule has 3 atom stereocenters. The molecule has 2 fully saturated rings. The van der Waals surface area contributed by atoms with Gasteiger partial charge in [-0.15, -0.1) is 0 Å². The number of amides is 1. The Morgan fingerprint density at radius 1 is 1.33 bits per heavy atom. The van der Waals surface area contributed by atoms with Crippen LogP contribution >= 0.6 is 0 Å². The number of hydrogen-bond donors (Lipinski definition) is 1. The Kier molecular flexibility index (Phi) is 5.04. The van der Waals surface area contributed by atoms with Crippen molar-refractivity contribution < 1.29 is 9.53 Å². The van der Waals surface area contributed by atoms with Crippen molar-refractivity contribution in [3.8, 4) is 0 Å². The molecule has 6 heteroatoms. The Labute approximate surface area is 144 Å². The Morgan fingerprint density at radius 2 is 2.04 bits per heavy atom. The largest absolute Gasteiger partial charge is 0.377 e. The molecule has 1 aromatic heterocycles. The third-order valence-corrected chi connectivity index (χ3v) is 5.41. The van der Waals surface area contributed by atoms with Crippen LogP contribution in [0.2, 0.25) is 0 Å². The van der Waals surface area contributed by atoms with Crippen LogP contribution in [0.15, 0.2) is 18.5 Å². The number of carbonyl (C=O) groups is 1. The number of carbonyl (C=O) groups excluding carboxylic acids is 1. The van der Waals surface area contributed by atoms with Crippen molar-refractivity contribution in [3.05, 3.63) is 18.5 Å². The molecule has 1 aliphatic heterocycles. The maximum absolute atomic E-state index is 12.9. The molecule has 0 spiro atoms. The lowest BCUT2D eigenvalue weighted by molar-refractivity contribution is -0.123. The molecule has 132 valence electrons. The molecule has 1 N–H and O–H groups in total. The fourth-order valence-electron chi connectivity index (χ4n) is 3.90. The van der Waals surface area contributed by atoms with E-state index in [4.69, 9.17) is 4.74 Å². The number of aromatic nitrogens is 2. The maximum atomic E-state index is 12.9. The van der Waals surface area contributed by atoms with Gasteiger partial charge in [-0.2, -0.15) is 0 Å². The van der Waals surface area contributed by atoms with Crippen molar-refractivity contribution in [3.63, 3.8) is 0 Å². The zero-order valence-corrected chi connectivity index (χ0v) is 14.9. The van der Waals surface area contributed by atoms with Crippen molar-refractivity contribution in [2.75, 3.05) is 18.6 Å². The van der Waals surface area contributed by atoms with E-state index in [1.807, 2.05) is 19.9 Å². The standard InChI is InChI=1S/C18H28N4O2/c1-18(2,24-3)12-21-16(23)15-11-13-7-4-5-8-14(13)22(15)17-19-9-6-10-20-17/h6,9-10,13-15H,4-5,7-8,11-12H2,1-3H3,(H,21,23)/t13-,14-,15-/m0/s1. The molecule has 6 nitrogen and oxygen atoms in total. The highest BCUT2D eigenvalue weighted by Gasteiger charge is 2.46. The number of nitrogens with one attached hydrogen (secondary N) is 1. The zero-order chi connectivity index (χ0) is 17.2. The molecule has 1 saturated heterocycles. The molecular formula is C18H28N4O2. The van der Waals surface area contributed by atoms with E-state index in [1.165, 1.54) is 19.3 Å². The van der Waals surface area contributed by atoms with Crippen LogP contribution in [0.4, 0.5) is 5.95 Å². The summed E-state index contributed by atoms with van der Waals surface area (Å²) in [6.45, 7) is 4.44. The minimum Gasteiger partial charge on any atom is -0.377 e. The Bertz CT molecular complexity index is 563. The number of methoxy groups -OCH3 is 1. The third kappa shape index (κ3) is 3.53. The molecule has 2 aliphatic rings. The average Bonchev–Trinajstić information content (AvgIpc) is 3.00. The number of nitrogens with zero attached hydrogens (tertiary/aromatic N) is 3. The van der Waals surface area contributed by atoms with Crippen LogP contribution in [0.5, 0.6) is 0 Å². The fourth-order valence-corrected chi connectivity index (χ4v) is 3.90. The van der Waals surface area contributed by atoms with Crippen molar-refractivity contribution >= 4 is 11.9 Å². The summed E-state index contributed by atoms with van der Waals surface area (Å²) in [7, 11) is 1.67. The summed E-state index contributed by atoms with van der Waals surface area (Å²) in [5.74, 6) is 1.30. The Morgan fingerprint density at radius 3 is 2.75 bits per heavy atom. The molecule has 1 saturated carbocycles. The van der Waals surface area contributed by atoms with Gasteiger partial charge in [-0.3, -0.25) is 4.79 Å². The smallest absolute Gasteiger partial charge is 0.242 e. The molecule has 0 unspecified atom stereocenters. The fraction of sp³-hybridized carbons (Fsp3) is 0.722. The second-order valence-corrected chi connectivity index (χ2v) is 7.50. The van der Waals surface area contributed by atoms with E-state index in [1.54, 1.807) is 19.5 Å². The first-order valence-electron chi connectivity index (χ1n) is 8.90. The lowest BCUT2D eigenvalue weighted by Gasteiger charge is -2.33. The summed E-state index contributed by atoms with van der Waals surface area (Å²) in [6, 6.07) is 2.01. The van der Waals surface area contributed by atoms with Crippen LogP contribution in [-0.4, -0.2) is 47.2 Å². The summed E-state index contributed by atoms with van der Waals surface area (Å²) in [4.78, 5) is 23.9. The van der Waals surface area contributed by atoms with Crippen molar-refractivity contribution in [1.29, 1.82) is 0 Å². The molecule has 3 rings (SSSR count). The third-order valence-electron chi connectivity index (χ3n) is 5.41. The molecule has 1 aliphatic carbocycles. The summed E-state index contributed by atoms with van der Waals surface area (Å²) < 4.78 is 5.40. The highest BCUT2D eigenvalue weighted by Crippen LogP contribution is 2.41. The van der Waals surface area contributed by atoms with Gasteiger partial charge < -0.3 is 15.0 Å². The number of fused-ring (bicyclic) bond motifs is 1. The second kappa shape index (κ2) is 7.05. The minimum atomic E-state index is -0.366. The molecule has 2 heterocycles. The van der Waals surface area contributed by atoms with Gasteiger partial charge in [-0.25, -0.2) is 9.97 Å². The molecule has 0 radical (unpaired) electrons. The average molecular weight is 332 g/mol. The van der Waals surface area contributed by atoms with Crippen LogP contribution < -0.4 is 10.2 Å². The first-order valence-corrected chi connectivity index (χ1v) is 8.90. The molecule has 24 heavy (non-hydrogen) atoms. The van der Waals surface area contributed by atoms with E-state index >= 15 is 0 Å². The molecule has 0 bridgehead atoms. The first-order chi connectivity index (χ1) is 11.5. The van der Waals surface area contributed by atoms with E-state index in [-0.39, 0.29) is 17.6 Å². The van der Waals surface area contributed by atoms with Gasteiger partial charge in [0.25, 0.3) is 0 Å². The van der Waals surface area contributed by atoms with Gasteiger partial charge in [0.15, 0.2) is 0 Å². The van der Waals surface area contributed by atoms with Crippen LogP contribution in [0.3, 0.4) is 0 Å². The maximum Gasteiger partial charge on any atom is 0.242 e. The molecular weight excluding hydrogens is 304 g/mol. The van der Waals surface area contributed by atoms with E-state index in [0.717, 1.165) is 12.8 Å². The van der Waals surface area contributed by atoms with Gasteiger partial charge in [-0.1, -0.05) is 12.8 Å². The first kappa shape index (κ1) is 17.1. The number of anilines is 1. The normalized spacial score (nSPS) is 27.0. The van der Waals surface area contributed by atoms with Gasteiger partial charge in [-0.05, 0) is 45.1 Å². The minimum absolute atomic E-state index is 0.0574. The van der Waals surface area contributed by atoms with Gasteiger partial charge in [0.2, 0.25) is 11.9 Å². The van der Waals surface area contributed by atoms with Gasteiger partial charge >= 0.3 is 0 Å². The molecule has 1 amide bonds. The SMILES string of the molecule is COC(C)(C)CNC(=O)[C@@H]1C[C@@H]2CCCC[C@@H]2N1c1ncccn1. The topological polar surface area (TPSA) is 67.3 Å². The van der Waals surface area contributed by atoms with E-state index in [0.29, 0.717) is 24.5 Å². The zero-order valence-electron chi connectivity index (χ0n) is 14.9. The van der Waals surface area contributed by atoms with Crippen LogP contribution in [0.25, 0.3) is 0 Å². The van der Waals surface area contributed by atoms with Gasteiger partial charge in [0, 0.05) is 32.1 Å². The number of ether oxygens (including phenoxy) is 1. The van der Waals surface area contributed by atoms with Crippen molar-refractivity contribution in [2.45, 2.75) is 63.6 Å². The molecule has 1 aromatic rings. The van der Waals surface area contributed by atoms with Crippen LogP contribution in [0.1, 0.15) is 46.0 Å². The summed E-state index contributed by atoms with van der Waals surface area (Å²) in [5.41, 5.74) is -0.366. The lowest BCUT2D eigenvalue weighted by Crippen LogP contribution is -2.50. The summed E-state index contributed by atoms with van der Waals surface area (Å²) in [6.07, 6.45) is 9.19.